The largest absolute Gasteiger partial charge is 0.451 e. The molecule has 2 atom stereocenters. The van der Waals surface area contributed by atoms with Crippen molar-refractivity contribution in [2.24, 2.45) is 0 Å². The highest BCUT2D eigenvalue weighted by atomic mass is 32.1. The number of nitrogen functional groups attached to an aromatic ring is 1. The Morgan fingerprint density at radius 1 is 1.36 bits per heavy atom. The minimum absolute atomic E-state index is 0.0953. The number of carbonyl (C=O) groups is 2. The van der Waals surface area contributed by atoms with Crippen LogP contribution in [0.3, 0.4) is 0 Å². The van der Waals surface area contributed by atoms with E-state index in [1.165, 1.54) is 11.3 Å². The number of ether oxygens (including phenoxy) is 2. The molecule has 150 valence electrons. The SMILES string of the molecule is Cc1cc(C)c2c(N)c(C(=O)OCC(=O)N3CCO[C@@H]4CCCC[C@@H]43)sc2n1. The first kappa shape index (κ1) is 19.1. The van der Waals surface area contributed by atoms with Crippen LogP contribution in [0.4, 0.5) is 5.69 Å². The van der Waals surface area contributed by atoms with E-state index in [-0.39, 0.29) is 24.7 Å². The van der Waals surface area contributed by atoms with Gasteiger partial charge < -0.3 is 20.1 Å². The number of hydrogen-bond acceptors (Lipinski definition) is 7. The molecular weight excluding hydrogens is 378 g/mol. The quantitative estimate of drug-likeness (QED) is 0.792. The molecule has 0 spiro atoms. The van der Waals surface area contributed by atoms with Crippen molar-refractivity contribution in [3.63, 3.8) is 0 Å². The van der Waals surface area contributed by atoms with E-state index in [1.807, 2.05) is 24.8 Å². The molecule has 0 unspecified atom stereocenters. The number of aromatic nitrogens is 1. The van der Waals surface area contributed by atoms with Gasteiger partial charge in [-0.05, 0) is 38.3 Å². The van der Waals surface area contributed by atoms with E-state index in [4.69, 9.17) is 15.2 Å². The summed E-state index contributed by atoms with van der Waals surface area (Å²) in [6.45, 7) is 4.65. The van der Waals surface area contributed by atoms with Crippen LogP contribution in [0.15, 0.2) is 6.07 Å². The standard InChI is InChI=1S/C20H25N3O4S/c1-11-9-12(2)22-19-16(11)17(21)18(28-19)20(25)27-10-15(24)23-7-8-26-14-6-4-3-5-13(14)23/h9,13-14H,3-8,10,21H2,1-2H3/t13-,14+/m0/s1. The van der Waals surface area contributed by atoms with Crippen LogP contribution < -0.4 is 5.73 Å². The van der Waals surface area contributed by atoms with Crippen molar-refractivity contribution in [2.45, 2.75) is 51.7 Å². The van der Waals surface area contributed by atoms with Crippen LogP contribution in [0.5, 0.6) is 0 Å². The summed E-state index contributed by atoms with van der Waals surface area (Å²) in [5.74, 6) is -0.738. The predicted molar refractivity (Wildman–Crippen MR) is 107 cm³/mol. The van der Waals surface area contributed by atoms with Gasteiger partial charge in [0.25, 0.3) is 5.91 Å². The molecule has 2 fully saturated rings. The van der Waals surface area contributed by atoms with Gasteiger partial charge in [-0.3, -0.25) is 4.79 Å². The lowest BCUT2D eigenvalue weighted by Gasteiger charge is -2.43. The zero-order valence-electron chi connectivity index (χ0n) is 16.2. The molecule has 28 heavy (non-hydrogen) atoms. The third-order valence-electron chi connectivity index (χ3n) is 5.59. The van der Waals surface area contributed by atoms with Gasteiger partial charge in [0.15, 0.2) is 6.61 Å². The summed E-state index contributed by atoms with van der Waals surface area (Å²) in [4.78, 5) is 32.6. The minimum atomic E-state index is -0.570. The minimum Gasteiger partial charge on any atom is -0.451 e. The highest BCUT2D eigenvalue weighted by Crippen LogP contribution is 2.35. The molecule has 1 aliphatic carbocycles. The number of fused-ring (bicyclic) bond motifs is 2. The Kier molecular flexibility index (Phi) is 5.25. The number of morpholine rings is 1. The van der Waals surface area contributed by atoms with E-state index in [0.29, 0.717) is 28.5 Å². The smallest absolute Gasteiger partial charge is 0.351 e. The Labute approximate surface area is 167 Å². The van der Waals surface area contributed by atoms with Gasteiger partial charge in [0.2, 0.25) is 0 Å². The van der Waals surface area contributed by atoms with E-state index in [0.717, 1.165) is 42.3 Å². The highest BCUT2D eigenvalue weighted by molar-refractivity contribution is 7.21. The van der Waals surface area contributed by atoms with Crippen LogP contribution in [0.2, 0.25) is 0 Å². The number of nitrogens with zero attached hydrogens (tertiary/aromatic N) is 2. The van der Waals surface area contributed by atoms with Gasteiger partial charge in [0, 0.05) is 17.6 Å². The van der Waals surface area contributed by atoms with Gasteiger partial charge in [-0.2, -0.15) is 0 Å². The molecule has 1 saturated heterocycles. The monoisotopic (exact) mass is 403 g/mol. The summed E-state index contributed by atoms with van der Waals surface area (Å²) in [6, 6.07) is 2.03. The molecular formula is C20H25N3O4S. The molecule has 0 aromatic carbocycles. The van der Waals surface area contributed by atoms with Crippen molar-refractivity contribution in [2.75, 3.05) is 25.5 Å². The lowest BCUT2D eigenvalue weighted by atomic mass is 9.90. The number of carbonyl (C=O) groups excluding carboxylic acids is 2. The van der Waals surface area contributed by atoms with Crippen molar-refractivity contribution in [3.05, 3.63) is 22.2 Å². The summed E-state index contributed by atoms with van der Waals surface area (Å²) in [7, 11) is 0. The fourth-order valence-electron chi connectivity index (χ4n) is 4.30. The first-order valence-electron chi connectivity index (χ1n) is 9.70. The Balaban J connectivity index is 1.45. The molecule has 0 bridgehead atoms. The average Bonchev–Trinajstić information content (AvgIpc) is 3.02. The van der Waals surface area contributed by atoms with Gasteiger partial charge in [-0.15, -0.1) is 11.3 Å². The number of hydrogen-bond donors (Lipinski definition) is 1. The number of rotatable bonds is 3. The van der Waals surface area contributed by atoms with Gasteiger partial charge in [0.05, 0.1) is 24.4 Å². The molecule has 7 nitrogen and oxygen atoms in total. The maximum Gasteiger partial charge on any atom is 0.351 e. The van der Waals surface area contributed by atoms with Gasteiger partial charge in [-0.25, -0.2) is 9.78 Å². The highest BCUT2D eigenvalue weighted by Gasteiger charge is 2.37. The van der Waals surface area contributed by atoms with Crippen LogP contribution in [-0.2, 0) is 14.3 Å². The molecule has 3 heterocycles. The third kappa shape index (κ3) is 3.46. The first-order valence-corrected chi connectivity index (χ1v) is 10.5. The Hall–Kier alpha value is -2.19. The van der Waals surface area contributed by atoms with E-state index in [2.05, 4.69) is 4.98 Å². The van der Waals surface area contributed by atoms with Gasteiger partial charge in [-0.1, -0.05) is 12.8 Å². The van der Waals surface area contributed by atoms with E-state index in [9.17, 15) is 9.59 Å². The molecule has 1 amide bonds. The fraction of sp³-hybridized carbons (Fsp3) is 0.550. The summed E-state index contributed by atoms with van der Waals surface area (Å²) in [5, 5.41) is 0.784. The van der Waals surface area contributed by atoms with Crippen molar-refractivity contribution >= 4 is 39.1 Å². The Morgan fingerprint density at radius 2 is 2.14 bits per heavy atom. The summed E-state index contributed by atoms with van der Waals surface area (Å²) in [5.41, 5.74) is 8.41. The summed E-state index contributed by atoms with van der Waals surface area (Å²) < 4.78 is 11.1. The number of anilines is 1. The van der Waals surface area contributed by atoms with Crippen LogP contribution >= 0.6 is 11.3 Å². The van der Waals surface area contributed by atoms with Crippen molar-refractivity contribution in [1.82, 2.24) is 9.88 Å². The second kappa shape index (κ2) is 7.67. The van der Waals surface area contributed by atoms with Crippen LogP contribution in [0, 0.1) is 13.8 Å². The number of esters is 1. The second-order valence-electron chi connectivity index (χ2n) is 7.53. The third-order valence-corrected chi connectivity index (χ3v) is 6.67. The van der Waals surface area contributed by atoms with E-state index in [1.54, 1.807) is 0 Å². The predicted octanol–water partition coefficient (Wildman–Crippen LogP) is 2.82. The molecule has 2 N–H and O–H groups in total. The molecule has 1 saturated carbocycles. The Bertz CT molecular complexity index is 924. The zero-order valence-corrected chi connectivity index (χ0v) is 17.0. The van der Waals surface area contributed by atoms with E-state index < -0.39 is 5.97 Å². The number of aryl methyl sites for hydroxylation is 2. The topological polar surface area (TPSA) is 94.8 Å². The molecule has 8 heteroatoms. The van der Waals surface area contributed by atoms with Crippen LogP contribution in [-0.4, -0.2) is 53.7 Å². The lowest BCUT2D eigenvalue weighted by Crippen LogP contribution is -2.55. The number of pyridine rings is 1. The first-order chi connectivity index (χ1) is 13.5. The van der Waals surface area contributed by atoms with Crippen LogP contribution in [0.1, 0.15) is 46.6 Å². The Morgan fingerprint density at radius 3 is 2.96 bits per heavy atom. The van der Waals surface area contributed by atoms with Gasteiger partial charge >= 0.3 is 5.97 Å². The number of nitrogens with two attached hydrogens (primary N) is 1. The molecule has 0 radical (unpaired) electrons. The fourth-order valence-corrected chi connectivity index (χ4v) is 5.41. The summed E-state index contributed by atoms with van der Waals surface area (Å²) >= 11 is 1.21. The van der Waals surface area contributed by atoms with Crippen molar-refractivity contribution in [3.8, 4) is 0 Å². The van der Waals surface area contributed by atoms with E-state index >= 15 is 0 Å². The van der Waals surface area contributed by atoms with Crippen molar-refractivity contribution in [1.29, 1.82) is 0 Å². The van der Waals surface area contributed by atoms with Crippen molar-refractivity contribution < 1.29 is 19.1 Å². The molecule has 2 aromatic heterocycles. The summed E-state index contributed by atoms with van der Waals surface area (Å²) in [6.07, 6.45) is 4.27. The number of thiophene rings is 1. The average molecular weight is 404 g/mol. The van der Waals surface area contributed by atoms with Crippen LogP contribution in [0.25, 0.3) is 10.2 Å². The normalized spacial score (nSPS) is 22.1. The molecule has 2 aromatic rings. The maximum absolute atomic E-state index is 12.7. The zero-order chi connectivity index (χ0) is 19.8. The second-order valence-corrected chi connectivity index (χ2v) is 8.53. The lowest BCUT2D eigenvalue weighted by molar-refractivity contribution is -0.152. The molecule has 4 rings (SSSR count). The molecule has 2 aliphatic rings. The molecule has 1 aliphatic heterocycles. The van der Waals surface area contributed by atoms with Gasteiger partial charge in [0.1, 0.15) is 9.71 Å². The number of amides is 1. The maximum atomic E-state index is 12.7.